The minimum absolute atomic E-state index is 0.0451. The molecule has 20 heavy (non-hydrogen) atoms. The normalized spacial score (nSPS) is 11.1. The van der Waals surface area contributed by atoms with E-state index in [0.717, 1.165) is 0 Å². The molecule has 9 heteroatoms. The minimum atomic E-state index is -4.93. The highest BCUT2D eigenvalue weighted by atomic mass is 19.4. The number of carboxylic acids is 1. The molecular formula is C11H5F3N4O2. The summed E-state index contributed by atoms with van der Waals surface area (Å²) in [6, 6.07) is 6.82. The summed E-state index contributed by atoms with van der Waals surface area (Å²) >= 11 is 0. The molecule has 1 heterocycles. The van der Waals surface area contributed by atoms with Crippen LogP contribution >= 0.6 is 0 Å². The summed E-state index contributed by atoms with van der Waals surface area (Å²) in [4.78, 5) is 10.8. The Bertz CT molecular complexity index is 698. The number of benzene rings is 1. The van der Waals surface area contributed by atoms with E-state index in [0.29, 0.717) is 4.68 Å². The molecule has 102 valence electrons. The Balaban J connectivity index is 2.62. The Hall–Kier alpha value is -2.89. The molecule has 6 nitrogen and oxygen atoms in total. The Morgan fingerprint density at radius 3 is 2.35 bits per heavy atom. The summed E-state index contributed by atoms with van der Waals surface area (Å²) in [6.45, 7) is 0. The number of nitrogens with zero attached hydrogens (tertiary/aromatic N) is 4. The fourth-order valence-electron chi connectivity index (χ4n) is 1.54. The van der Waals surface area contributed by atoms with Crippen LogP contribution in [0.25, 0.3) is 5.69 Å². The number of rotatable bonds is 2. The van der Waals surface area contributed by atoms with Gasteiger partial charge >= 0.3 is 12.1 Å². The number of nitriles is 1. The van der Waals surface area contributed by atoms with Crippen LogP contribution in [-0.4, -0.2) is 26.1 Å². The van der Waals surface area contributed by atoms with Gasteiger partial charge in [0.1, 0.15) is 0 Å². The van der Waals surface area contributed by atoms with Crippen molar-refractivity contribution >= 4 is 5.97 Å². The molecule has 0 aliphatic heterocycles. The summed E-state index contributed by atoms with van der Waals surface area (Å²) in [7, 11) is 0. The molecule has 2 rings (SSSR count). The van der Waals surface area contributed by atoms with Gasteiger partial charge in [-0.15, -0.1) is 5.10 Å². The van der Waals surface area contributed by atoms with Crippen LogP contribution in [0.3, 0.4) is 0 Å². The van der Waals surface area contributed by atoms with Gasteiger partial charge in [0.15, 0.2) is 5.69 Å². The number of carboxylic acid groups (broad SMARTS) is 1. The summed E-state index contributed by atoms with van der Waals surface area (Å²) in [5, 5.41) is 23.6. The molecule has 2 aromatic rings. The predicted octanol–water partition coefficient (Wildman–Crippen LogP) is 1.86. The van der Waals surface area contributed by atoms with Crippen molar-refractivity contribution in [1.29, 1.82) is 5.26 Å². The SMILES string of the molecule is N#Cc1ccc(-n2nnc(C(=O)O)c2C(F)(F)F)cc1. The van der Waals surface area contributed by atoms with Gasteiger partial charge in [0, 0.05) is 0 Å². The second kappa shape index (κ2) is 4.65. The van der Waals surface area contributed by atoms with Crippen LogP contribution in [0.15, 0.2) is 24.3 Å². The quantitative estimate of drug-likeness (QED) is 0.907. The van der Waals surface area contributed by atoms with Crippen LogP contribution in [0.2, 0.25) is 0 Å². The van der Waals surface area contributed by atoms with Gasteiger partial charge in [-0.2, -0.15) is 18.4 Å². The van der Waals surface area contributed by atoms with Crippen LogP contribution in [0, 0.1) is 11.3 Å². The van der Waals surface area contributed by atoms with E-state index in [4.69, 9.17) is 10.4 Å². The fourth-order valence-corrected chi connectivity index (χ4v) is 1.54. The lowest BCUT2D eigenvalue weighted by Gasteiger charge is -2.09. The summed E-state index contributed by atoms with van der Waals surface area (Å²) in [6.07, 6.45) is -4.93. The Kier molecular flexibility index (Phi) is 3.15. The average molecular weight is 282 g/mol. The topological polar surface area (TPSA) is 91.8 Å². The van der Waals surface area contributed by atoms with Crippen molar-refractivity contribution in [2.24, 2.45) is 0 Å². The molecule has 0 fully saturated rings. The second-order valence-corrected chi connectivity index (χ2v) is 3.66. The van der Waals surface area contributed by atoms with Crippen molar-refractivity contribution in [2.75, 3.05) is 0 Å². The van der Waals surface area contributed by atoms with Crippen molar-refractivity contribution in [2.45, 2.75) is 6.18 Å². The van der Waals surface area contributed by atoms with Gasteiger partial charge < -0.3 is 5.11 Å². The minimum Gasteiger partial charge on any atom is -0.476 e. The number of carbonyl (C=O) groups is 1. The lowest BCUT2D eigenvalue weighted by molar-refractivity contribution is -0.143. The summed E-state index contributed by atoms with van der Waals surface area (Å²) in [5.74, 6) is -1.82. The van der Waals surface area contributed by atoms with Crippen LogP contribution in [-0.2, 0) is 6.18 Å². The Morgan fingerprint density at radius 2 is 1.90 bits per heavy atom. The van der Waals surface area contributed by atoms with Gasteiger partial charge in [-0.05, 0) is 24.3 Å². The van der Waals surface area contributed by atoms with Crippen molar-refractivity contribution in [3.8, 4) is 11.8 Å². The second-order valence-electron chi connectivity index (χ2n) is 3.66. The van der Waals surface area contributed by atoms with Gasteiger partial charge in [-0.3, -0.25) is 0 Å². The van der Waals surface area contributed by atoms with Crippen molar-refractivity contribution in [3.63, 3.8) is 0 Å². The molecule has 0 aliphatic rings. The average Bonchev–Trinajstić information content (AvgIpc) is 2.83. The molecular weight excluding hydrogens is 277 g/mol. The number of hydrogen-bond acceptors (Lipinski definition) is 4. The lowest BCUT2D eigenvalue weighted by Crippen LogP contribution is -2.17. The molecule has 1 aromatic heterocycles. The largest absolute Gasteiger partial charge is 0.476 e. The fraction of sp³-hybridized carbons (Fsp3) is 0.0909. The first-order valence-corrected chi connectivity index (χ1v) is 5.11. The van der Waals surface area contributed by atoms with E-state index < -0.39 is 23.5 Å². The smallest absolute Gasteiger partial charge is 0.436 e. The van der Waals surface area contributed by atoms with Gasteiger partial charge in [0.25, 0.3) is 0 Å². The first-order chi connectivity index (χ1) is 9.34. The number of halogens is 3. The maximum absolute atomic E-state index is 12.9. The zero-order chi connectivity index (χ0) is 14.9. The third-order valence-corrected chi connectivity index (χ3v) is 2.38. The molecule has 0 aliphatic carbocycles. The van der Waals surface area contributed by atoms with E-state index in [9.17, 15) is 18.0 Å². The van der Waals surface area contributed by atoms with Gasteiger partial charge in [-0.1, -0.05) is 5.21 Å². The van der Waals surface area contributed by atoms with Gasteiger partial charge in [-0.25, -0.2) is 9.48 Å². The number of aromatic nitrogens is 3. The maximum Gasteiger partial charge on any atom is 0.436 e. The number of aromatic carboxylic acids is 1. The van der Waals surface area contributed by atoms with Crippen molar-refractivity contribution in [1.82, 2.24) is 15.0 Å². The predicted molar refractivity (Wildman–Crippen MR) is 58.0 cm³/mol. The van der Waals surface area contributed by atoms with E-state index in [2.05, 4.69) is 10.3 Å². The molecule has 0 bridgehead atoms. The molecule has 0 atom stereocenters. The highest BCUT2D eigenvalue weighted by molar-refractivity contribution is 5.86. The standard InChI is InChI=1S/C11H5F3N4O2/c12-11(13,14)9-8(10(19)20)16-17-18(9)7-3-1-6(5-15)2-4-7/h1-4H,(H,19,20). The molecule has 0 saturated carbocycles. The van der Waals surface area contributed by atoms with Gasteiger partial charge in [0.2, 0.25) is 5.69 Å². The molecule has 0 unspecified atom stereocenters. The van der Waals surface area contributed by atoms with Crippen LogP contribution in [0.1, 0.15) is 21.7 Å². The highest BCUT2D eigenvalue weighted by Gasteiger charge is 2.42. The molecule has 1 N–H and O–H groups in total. The molecule has 0 amide bonds. The van der Waals surface area contributed by atoms with Crippen LogP contribution < -0.4 is 0 Å². The Morgan fingerprint density at radius 1 is 1.30 bits per heavy atom. The first-order valence-electron chi connectivity index (χ1n) is 5.11. The van der Waals surface area contributed by atoms with E-state index in [1.165, 1.54) is 24.3 Å². The van der Waals surface area contributed by atoms with E-state index >= 15 is 0 Å². The third-order valence-electron chi connectivity index (χ3n) is 2.38. The van der Waals surface area contributed by atoms with Crippen molar-refractivity contribution < 1.29 is 23.1 Å². The number of alkyl halides is 3. The van der Waals surface area contributed by atoms with E-state index in [1.54, 1.807) is 0 Å². The zero-order valence-corrected chi connectivity index (χ0v) is 9.59. The molecule has 1 aromatic carbocycles. The molecule has 0 spiro atoms. The van der Waals surface area contributed by atoms with Crippen LogP contribution in [0.4, 0.5) is 13.2 Å². The first kappa shape index (κ1) is 13.5. The highest BCUT2D eigenvalue weighted by Crippen LogP contribution is 2.32. The Labute approximate surface area is 109 Å². The van der Waals surface area contributed by atoms with Crippen molar-refractivity contribution in [3.05, 3.63) is 41.2 Å². The zero-order valence-electron chi connectivity index (χ0n) is 9.59. The molecule has 0 saturated heterocycles. The van der Waals surface area contributed by atoms with Crippen LogP contribution in [0.5, 0.6) is 0 Å². The third kappa shape index (κ3) is 2.31. The monoisotopic (exact) mass is 282 g/mol. The van der Waals surface area contributed by atoms with Gasteiger partial charge in [0.05, 0.1) is 17.3 Å². The molecule has 0 radical (unpaired) electrons. The summed E-state index contributed by atoms with van der Waals surface area (Å²) < 4.78 is 39.1. The number of hydrogen-bond donors (Lipinski definition) is 1. The maximum atomic E-state index is 12.9. The summed E-state index contributed by atoms with van der Waals surface area (Å²) in [5.41, 5.74) is -2.45. The lowest BCUT2D eigenvalue weighted by atomic mass is 10.2. The van der Waals surface area contributed by atoms with E-state index in [1.807, 2.05) is 6.07 Å². The van der Waals surface area contributed by atoms with E-state index in [-0.39, 0.29) is 11.3 Å².